The van der Waals surface area contributed by atoms with Gasteiger partial charge in [0.05, 0.1) is 7.11 Å². The summed E-state index contributed by atoms with van der Waals surface area (Å²) in [6.07, 6.45) is 1.56. The first kappa shape index (κ1) is 14.6. The molecule has 100 valence electrons. The summed E-state index contributed by atoms with van der Waals surface area (Å²) >= 11 is 5.51. The number of urea groups is 1. The largest absolute Gasteiger partial charge is 0.497 e. The van der Waals surface area contributed by atoms with Crippen molar-refractivity contribution in [1.29, 1.82) is 0 Å². The zero-order chi connectivity index (χ0) is 13.2. The molecule has 0 radical (unpaired) electrons. The predicted octanol–water partition coefficient (Wildman–Crippen LogP) is 2.17. The molecular formula is C13H19ClN2O2. The number of halogens is 1. The van der Waals surface area contributed by atoms with Crippen LogP contribution in [-0.2, 0) is 6.42 Å². The molecule has 2 amide bonds. The third kappa shape index (κ3) is 5.77. The fraction of sp³-hybridized carbons (Fsp3) is 0.462. The molecule has 1 aromatic rings. The van der Waals surface area contributed by atoms with Crippen molar-refractivity contribution >= 4 is 17.6 Å². The number of carbonyl (C=O) groups excluding carboxylic acids is 1. The fourth-order valence-corrected chi connectivity index (χ4v) is 1.61. The van der Waals surface area contributed by atoms with Crippen molar-refractivity contribution < 1.29 is 9.53 Å². The lowest BCUT2D eigenvalue weighted by atomic mass is 10.1. The zero-order valence-corrected chi connectivity index (χ0v) is 11.3. The molecule has 0 fully saturated rings. The summed E-state index contributed by atoms with van der Waals surface area (Å²) in [5, 5.41) is 5.53. The highest BCUT2D eigenvalue weighted by atomic mass is 35.5. The molecule has 2 N–H and O–H groups in total. The molecule has 0 aliphatic carbocycles. The van der Waals surface area contributed by atoms with Gasteiger partial charge < -0.3 is 15.4 Å². The molecule has 5 heteroatoms. The van der Waals surface area contributed by atoms with E-state index in [0.717, 1.165) is 24.2 Å². The number of hydrogen-bond acceptors (Lipinski definition) is 2. The van der Waals surface area contributed by atoms with E-state index in [2.05, 4.69) is 10.6 Å². The fourth-order valence-electron chi connectivity index (χ4n) is 1.48. The van der Waals surface area contributed by atoms with Gasteiger partial charge in [0.2, 0.25) is 0 Å². The van der Waals surface area contributed by atoms with Gasteiger partial charge in [-0.15, -0.1) is 11.6 Å². The Morgan fingerprint density at radius 3 is 2.83 bits per heavy atom. The van der Waals surface area contributed by atoms with Crippen molar-refractivity contribution in [3.8, 4) is 5.75 Å². The maximum atomic E-state index is 11.3. The molecule has 1 aromatic carbocycles. The van der Waals surface area contributed by atoms with Crippen LogP contribution in [0.15, 0.2) is 24.3 Å². The van der Waals surface area contributed by atoms with E-state index >= 15 is 0 Å². The van der Waals surface area contributed by atoms with Gasteiger partial charge >= 0.3 is 6.03 Å². The molecule has 0 heterocycles. The van der Waals surface area contributed by atoms with Gasteiger partial charge in [0.1, 0.15) is 5.75 Å². The number of methoxy groups -OCH3 is 1. The van der Waals surface area contributed by atoms with Gasteiger partial charge in [-0.1, -0.05) is 12.1 Å². The summed E-state index contributed by atoms with van der Waals surface area (Å²) in [6.45, 7) is 1.20. The van der Waals surface area contributed by atoms with E-state index in [0.29, 0.717) is 19.0 Å². The van der Waals surface area contributed by atoms with E-state index in [1.54, 1.807) is 7.11 Å². The minimum atomic E-state index is -0.150. The van der Waals surface area contributed by atoms with E-state index in [1.165, 1.54) is 0 Å². The third-order valence-corrected chi connectivity index (χ3v) is 2.70. The quantitative estimate of drug-likeness (QED) is 0.589. The van der Waals surface area contributed by atoms with E-state index in [4.69, 9.17) is 16.3 Å². The molecule has 0 bridgehead atoms. The second-order valence-corrected chi connectivity index (χ2v) is 4.20. The Morgan fingerprint density at radius 1 is 1.33 bits per heavy atom. The first-order valence-electron chi connectivity index (χ1n) is 5.97. The van der Waals surface area contributed by atoms with Crippen LogP contribution in [0.5, 0.6) is 5.75 Å². The van der Waals surface area contributed by atoms with Crippen LogP contribution < -0.4 is 15.4 Å². The van der Waals surface area contributed by atoms with Crippen LogP contribution in [0.2, 0.25) is 0 Å². The van der Waals surface area contributed by atoms with Crippen molar-refractivity contribution in [2.24, 2.45) is 0 Å². The van der Waals surface area contributed by atoms with Crippen LogP contribution in [-0.4, -0.2) is 32.1 Å². The molecule has 0 unspecified atom stereocenters. The number of alkyl halides is 1. The average Bonchev–Trinajstić information content (AvgIpc) is 2.39. The summed E-state index contributed by atoms with van der Waals surface area (Å²) in [5.74, 6) is 1.39. The molecule has 0 atom stereocenters. The Labute approximate surface area is 113 Å². The third-order valence-electron chi connectivity index (χ3n) is 2.43. The van der Waals surface area contributed by atoms with Gasteiger partial charge in [-0.25, -0.2) is 4.79 Å². The average molecular weight is 271 g/mol. The summed E-state index contributed by atoms with van der Waals surface area (Å²) in [6, 6.07) is 7.66. The van der Waals surface area contributed by atoms with Crippen LogP contribution in [0.4, 0.5) is 4.79 Å². The zero-order valence-electron chi connectivity index (χ0n) is 10.5. The highest BCUT2D eigenvalue weighted by Crippen LogP contribution is 2.12. The van der Waals surface area contributed by atoms with Crippen molar-refractivity contribution in [2.45, 2.75) is 12.8 Å². The second-order valence-electron chi connectivity index (χ2n) is 3.83. The molecule has 0 spiro atoms. The highest BCUT2D eigenvalue weighted by Gasteiger charge is 2.00. The Bertz CT molecular complexity index is 372. The van der Waals surface area contributed by atoms with E-state index in [9.17, 15) is 4.79 Å². The smallest absolute Gasteiger partial charge is 0.314 e. The summed E-state index contributed by atoms with van der Waals surface area (Å²) in [4.78, 5) is 11.3. The monoisotopic (exact) mass is 270 g/mol. The SMILES string of the molecule is COc1cccc(CCNC(=O)NCCCCl)c1. The Morgan fingerprint density at radius 2 is 2.11 bits per heavy atom. The number of nitrogens with one attached hydrogen (secondary N) is 2. The molecule has 1 rings (SSSR count). The summed E-state index contributed by atoms with van der Waals surface area (Å²) < 4.78 is 5.14. The molecule has 18 heavy (non-hydrogen) atoms. The summed E-state index contributed by atoms with van der Waals surface area (Å²) in [7, 11) is 1.64. The molecule has 0 aliphatic rings. The van der Waals surface area contributed by atoms with Gasteiger partial charge in [-0.05, 0) is 30.5 Å². The molecule has 4 nitrogen and oxygen atoms in total. The van der Waals surface area contributed by atoms with Crippen LogP contribution in [0.1, 0.15) is 12.0 Å². The number of ether oxygens (including phenoxy) is 1. The van der Waals surface area contributed by atoms with Crippen LogP contribution in [0.25, 0.3) is 0 Å². The van der Waals surface area contributed by atoms with Gasteiger partial charge in [0.15, 0.2) is 0 Å². The lowest BCUT2D eigenvalue weighted by Gasteiger charge is -2.07. The Balaban J connectivity index is 2.22. The normalized spacial score (nSPS) is 9.89. The second kappa shape index (κ2) is 8.64. The molecule has 0 aliphatic heterocycles. The molecule has 0 saturated heterocycles. The number of benzene rings is 1. The van der Waals surface area contributed by atoms with Crippen LogP contribution >= 0.6 is 11.6 Å². The first-order chi connectivity index (χ1) is 8.76. The number of carbonyl (C=O) groups is 1. The maximum Gasteiger partial charge on any atom is 0.314 e. The Hall–Kier alpha value is -1.42. The first-order valence-corrected chi connectivity index (χ1v) is 6.50. The number of hydrogen-bond donors (Lipinski definition) is 2. The lowest BCUT2D eigenvalue weighted by molar-refractivity contribution is 0.241. The van der Waals surface area contributed by atoms with Gasteiger partial charge in [-0.2, -0.15) is 0 Å². The predicted molar refractivity (Wildman–Crippen MR) is 73.4 cm³/mol. The number of rotatable bonds is 7. The van der Waals surface area contributed by atoms with E-state index < -0.39 is 0 Å². The van der Waals surface area contributed by atoms with Crippen molar-refractivity contribution in [1.82, 2.24) is 10.6 Å². The molecule has 0 saturated carbocycles. The van der Waals surface area contributed by atoms with Gasteiger partial charge in [0.25, 0.3) is 0 Å². The highest BCUT2D eigenvalue weighted by molar-refractivity contribution is 6.17. The van der Waals surface area contributed by atoms with E-state index in [-0.39, 0.29) is 6.03 Å². The minimum Gasteiger partial charge on any atom is -0.497 e. The van der Waals surface area contributed by atoms with Crippen LogP contribution in [0.3, 0.4) is 0 Å². The van der Waals surface area contributed by atoms with Gasteiger partial charge in [0, 0.05) is 19.0 Å². The topological polar surface area (TPSA) is 50.4 Å². The van der Waals surface area contributed by atoms with Crippen molar-refractivity contribution in [3.63, 3.8) is 0 Å². The van der Waals surface area contributed by atoms with Crippen LogP contribution in [0, 0.1) is 0 Å². The molecular weight excluding hydrogens is 252 g/mol. The van der Waals surface area contributed by atoms with Crippen molar-refractivity contribution in [2.75, 3.05) is 26.1 Å². The lowest BCUT2D eigenvalue weighted by Crippen LogP contribution is -2.37. The number of amides is 2. The Kier molecular flexibility index (Phi) is 7.03. The van der Waals surface area contributed by atoms with Crippen molar-refractivity contribution in [3.05, 3.63) is 29.8 Å². The standard InChI is InChI=1S/C13H19ClN2O2/c1-18-12-5-2-4-11(10-12)6-9-16-13(17)15-8-3-7-14/h2,4-5,10H,3,6-9H2,1H3,(H2,15,16,17). The summed E-state index contributed by atoms with van der Waals surface area (Å²) in [5.41, 5.74) is 1.13. The maximum absolute atomic E-state index is 11.3. The van der Waals surface area contributed by atoms with E-state index in [1.807, 2.05) is 24.3 Å². The minimum absolute atomic E-state index is 0.150. The van der Waals surface area contributed by atoms with Gasteiger partial charge in [-0.3, -0.25) is 0 Å². The molecule has 0 aromatic heterocycles.